The van der Waals surface area contributed by atoms with Crippen LogP contribution in [0.15, 0.2) is 34.4 Å². The Kier molecular flexibility index (Phi) is 6.79. The Balaban J connectivity index is 1.49. The number of hydrogen-bond donors (Lipinski definition) is 2. The quantitative estimate of drug-likeness (QED) is 0.340. The molecule has 198 valence electrons. The average molecular weight is 553 g/mol. The number of hydrogen-bond acceptors (Lipinski definition) is 7. The smallest absolute Gasteiger partial charge is 0.338 e. The van der Waals surface area contributed by atoms with Crippen molar-refractivity contribution < 1.29 is 14.6 Å². The molecule has 0 fully saturated rings. The third-order valence-corrected chi connectivity index (χ3v) is 8.62. The summed E-state index contributed by atoms with van der Waals surface area (Å²) in [7, 11) is 0. The number of halogens is 1. The minimum absolute atomic E-state index is 0.0705. The second-order valence-electron chi connectivity index (χ2n) is 10.2. The van der Waals surface area contributed by atoms with Gasteiger partial charge in [0.15, 0.2) is 0 Å². The first-order valence-corrected chi connectivity index (χ1v) is 13.7. The minimum atomic E-state index is -1.02. The zero-order chi connectivity index (χ0) is 27.4. The number of carbonyl (C=O) groups is 1. The predicted octanol–water partition coefficient (Wildman–Crippen LogP) is 5.12. The van der Waals surface area contributed by atoms with Gasteiger partial charge in [0, 0.05) is 44.2 Å². The van der Waals surface area contributed by atoms with Gasteiger partial charge in [0.25, 0.3) is 5.56 Å². The molecule has 0 bridgehead atoms. The van der Waals surface area contributed by atoms with Gasteiger partial charge in [0.1, 0.15) is 18.2 Å². The summed E-state index contributed by atoms with van der Waals surface area (Å²) in [5.74, 6) is 0.197. The fourth-order valence-corrected chi connectivity index (χ4v) is 6.40. The largest absolute Gasteiger partial charge is 0.491 e. The minimum Gasteiger partial charge on any atom is -0.491 e. The van der Waals surface area contributed by atoms with Crippen LogP contribution in [-0.4, -0.2) is 38.3 Å². The van der Waals surface area contributed by atoms with E-state index in [-0.39, 0.29) is 23.8 Å². The van der Waals surface area contributed by atoms with E-state index < -0.39 is 11.4 Å². The monoisotopic (exact) mass is 552 g/mol. The Bertz CT molecular complexity index is 1640. The van der Waals surface area contributed by atoms with Gasteiger partial charge in [-0.15, -0.1) is 11.3 Å². The molecule has 8 nitrogen and oxygen atoms in total. The summed E-state index contributed by atoms with van der Waals surface area (Å²) in [5.41, 5.74) is 10.2. The summed E-state index contributed by atoms with van der Waals surface area (Å²) in [4.78, 5) is 34.5. The number of benzene rings is 1. The maximum Gasteiger partial charge on any atom is 0.338 e. The van der Waals surface area contributed by atoms with Crippen LogP contribution in [0.5, 0.6) is 5.75 Å². The van der Waals surface area contributed by atoms with E-state index in [1.807, 2.05) is 33.8 Å². The van der Waals surface area contributed by atoms with Gasteiger partial charge < -0.3 is 15.6 Å². The van der Waals surface area contributed by atoms with Gasteiger partial charge >= 0.3 is 5.97 Å². The van der Waals surface area contributed by atoms with E-state index in [0.29, 0.717) is 46.3 Å². The number of aromatic carboxylic acids is 1. The number of carboxylic acid groups (broad SMARTS) is 1. The van der Waals surface area contributed by atoms with Crippen molar-refractivity contribution in [1.29, 1.82) is 0 Å². The standard InChI is InChI=1S/C28H29ClN4O4S/c1-14-11-18(25-24(31-14)19(13-38-25)27(35)36)17-12-16(29)5-7-21(17)37-10-9-33-15(2)32-20-6-8-22(30)28(3,4)23(20)26(33)34/h5,7,11-13,22H,6,8-10,30H2,1-4H3,(H,35,36). The van der Waals surface area contributed by atoms with Crippen molar-refractivity contribution in [2.75, 3.05) is 6.61 Å². The lowest BCUT2D eigenvalue weighted by Gasteiger charge is -2.37. The predicted molar refractivity (Wildman–Crippen MR) is 150 cm³/mol. The summed E-state index contributed by atoms with van der Waals surface area (Å²) in [6, 6.07) is 7.12. The molecule has 3 N–H and O–H groups in total. The number of carboxylic acids is 1. The number of nitrogens with two attached hydrogens (primary N) is 1. The van der Waals surface area contributed by atoms with E-state index in [9.17, 15) is 14.7 Å². The normalized spacial score (nSPS) is 16.4. The van der Waals surface area contributed by atoms with Gasteiger partial charge in [-0.2, -0.15) is 0 Å². The summed E-state index contributed by atoms with van der Waals surface area (Å²) in [6.45, 7) is 8.21. The highest BCUT2D eigenvalue weighted by molar-refractivity contribution is 7.18. The van der Waals surface area contributed by atoms with E-state index in [1.54, 1.807) is 28.1 Å². The Hall–Kier alpha value is -3.27. The van der Waals surface area contributed by atoms with E-state index >= 15 is 0 Å². The molecule has 0 saturated heterocycles. The van der Waals surface area contributed by atoms with Crippen LogP contribution in [0.3, 0.4) is 0 Å². The number of rotatable bonds is 6. The molecule has 0 saturated carbocycles. The van der Waals surface area contributed by atoms with Crippen LogP contribution in [0.4, 0.5) is 0 Å². The van der Waals surface area contributed by atoms with Crippen molar-refractivity contribution in [2.45, 2.75) is 58.5 Å². The van der Waals surface area contributed by atoms with Gasteiger partial charge in [-0.25, -0.2) is 9.78 Å². The SMILES string of the molecule is Cc1cc(-c2cc(Cl)ccc2OCCn2c(C)nc3c(c2=O)C(C)(C)C(N)CC3)c2scc(C(=O)O)c2n1. The van der Waals surface area contributed by atoms with Crippen LogP contribution >= 0.6 is 22.9 Å². The fraction of sp³-hybridized carbons (Fsp3) is 0.357. The molecule has 1 aliphatic rings. The van der Waals surface area contributed by atoms with E-state index in [2.05, 4.69) is 4.98 Å². The van der Waals surface area contributed by atoms with Crippen LogP contribution < -0.4 is 16.0 Å². The third-order valence-electron chi connectivity index (χ3n) is 7.38. The summed E-state index contributed by atoms with van der Waals surface area (Å²) < 4.78 is 8.61. The molecule has 3 aromatic heterocycles. The molecule has 1 aromatic carbocycles. The van der Waals surface area contributed by atoms with Crippen LogP contribution in [0.2, 0.25) is 5.02 Å². The molecule has 38 heavy (non-hydrogen) atoms. The van der Waals surface area contributed by atoms with Crippen molar-refractivity contribution in [2.24, 2.45) is 5.73 Å². The van der Waals surface area contributed by atoms with Gasteiger partial charge in [0.2, 0.25) is 0 Å². The Morgan fingerprint density at radius 1 is 1.26 bits per heavy atom. The van der Waals surface area contributed by atoms with Gasteiger partial charge in [-0.3, -0.25) is 14.3 Å². The highest BCUT2D eigenvalue weighted by Crippen LogP contribution is 2.40. The number of aryl methyl sites for hydroxylation is 3. The van der Waals surface area contributed by atoms with Crippen molar-refractivity contribution >= 4 is 39.1 Å². The molecule has 10 heteroatoms. The van der Waals surface area contributed by atoms with Crippen LogP contribution in [0.1, 0.15) is 53.4 Å². The number of nitrogens with zero attached hydrogens (tertiary/aromatic N) is 3. The molecule has 1 unspecified atom stereocenters. The lowest BCUT2D eigenvalue weighted by molar-refractivity contribution is 0.0699. The molecule has 1 aliphatic carbocycles. The Labute approximate surface area is 229 Å². The molecule has 0 aliphatic heterocycles. The molecule has 1 atom stereocenters. The van der Waals surface area contributed by atoms with E-state index in [0.717, 1.165) is 27.9 Å². The van der Waals surface area contributed by atoms with Crippen molar-refractivity contribution in [3.8, 4) is 16.9 Å². The topological polar surface area (TPSA) is 120 Å². The van der Waals surface area contributed by atoms with Crippen LogP contribution in [-0.2, 0) is 18.4 Å². The first-order chi connectivity index (χ1) is 18.0. The Morgan fingerprint density at radius 2 is 2.03 bits per heavy atom. The van der Waals surface area contributed by atoms with E-state index in [4.69, 9.17) is 27.1 Å². The van der Waals surface area contributed by atoms with Crippen LogP contribution in [0, 0.1) is 13.8 Å². The number of pyridine rings is 1. The first kappa shape index (κ1) is 26.3. The maximum atomic E-state index is 13.6. The molecule has 4 aromatic rings. The molecule has 5 rings (SSSR count). The Morgan fingerprint density at radius 3 is 2.76 bits per heavy atom. The molecule has 0 spiro atoms. The van der Waals surface area contributed by atoms with Crippen LogP contribution in [0.25, 0.3) is 21.3 Å². The number of thiophene rings is 1. The summed E-state index contributed by atoms with van der Waals surface area (Å²) in [6.07, 6.45) is 1.51. The zero-order valence-corrected chi connectivity index (χ0v) is 23.2. The van der Waals surface area contributed by atoms with Gasteiger partial charge in [-0.1, -0.05) is 25.4 Å². The summed E-state index contributed by atoms with van der Waals surface area (Å²) >= 11 is 7.68. The molecular formula is C28H29ClN4O4S. The second kappa shape index (κ2) is 9.80. The zero-order valence-electron chi connectivity index (χ0n) is 21.7. The third kappa shape index (κ3) is 4.48. The fourth-order valence-electron chi connectivity index (χ4n) is 5.22. The lowest BCUT2D eigenvalue weighted by atomic mass is 9.71. The van der Waals surface area contributed by atoms with Crippen molar-refractivity contribution in [3.63, 3.8) is 0 Å². The lowest BCUT2D eigenvalue weighted by Crippen LogP contribution is -2.50. The highest BCUT2D eigenvalue weighted by atomic mass is 35.5. The maximum absolute atomic E-state index is 13.6. The first-order valence-electron chi connectivity index (χ1n) is 12.4. The van der Waals surface area contributed by atoms with Gasteiger partial charge in [0.05, 0.1) is 28.0 Å². The highest BCUT2D eigenvalue weighted by Gasteiger charge is 2.38. The molecule has 3 heterocycles. The number of ether oxygens (including phenoxy) is 1. The number of fused-ring (bicyclic) bond motifs is 2. The molecular weight excluding hydrogens is 524 g/mol. The van der Waals surface area contributed by atoms with Crippen molar-refractivity contribution in [1.82, 2.24) is 14.5 Å². The average Bonchev–Trinajstić information content (AvgIpc) is 3.27. The van der Waals surface area contributed by atoms with Crippen molar-refractivity contribution in [3.05, 3.63) is 73.4 Å². The number of aromatic nitrogens is 3. The molecule has 0 amide bonds. The summed E-state index contributed by atoms with van der Waals surface area (Å²) in [5, 5.41) is 11.7. The van der Waals surface area contributed by atoms with Gasteiger partial charge in [-0.05, 0) is 51.0 Å². The van der Waals surface area contributed by atoms with E-state index in [1.165, 1.54) is 11.3 Å². The second-order valence-corrected chi connectivity index (χ2v) is 11.6. The molecule has 0 radical (unpaired) electrons.